The predicted octanol–water partition coefficient (Wildman–Crippen LogP) is 5.37. The predicted molar refractivity (Wildman–Crippen MR) is 121 cm³/mol. The quantitative estimate of drug-likeness (QED) is 0.480. The Morgan fingerprint density at radius 2 is 1.63 bits per heavy atom. The molecule has 0 radical (unpaired) electrons. The number of hydrogen-bond acceptors (Lipinski definition) is 5. The van der Waals surface area contributed by atoms with Gasteiger partial charge in [0, 0.05) is 30.4 Å². The maximum atomic E-state index is 4.27. The van der Waals surface area contributed by atoms with Crippen LogP contribution in [0.2, 0.25) is 0 Å². The van der Waals surface area contributed by atoms with Gasteiger partial charge < -0.3 is 5.32 Å². The van der Waals surface area contributed by atoms with Crippen LogP contribution in [0.15, 0.2) is 48.9 Å². The lowest BCUT2D eigenvalue weighted by Crippen LogP contribution is -1.98. The zero-order valence-electron chi connectivity index (χ0n) is 17.5. The van der Waals surface area contributed by atoms with Crippen LogP contribution in [0.25, 0.3) is 27.8 Å². The zero-order chi connectivity index (χ0) is 20.6. The van der Waals surface area contributed by atoms with E-state index in [1.807, 2.05) is 43.6 Å². The molecule has 0 unspecified atom stereocenters. The smallest absolute Gasteiger partial charge is 0.148 e. The number of benzene rings is 1. The van der Waals surface area contributed by atoms with Crippen molar-refractivity contribution in [2.45, 2.75) is 51.4 Å². The SMILES string of the molecule is C1CCCCCCC1.CNc1ccc(-c2ccc(-n3cccn3)c3[nH]ncc23)nn1. The standard InChI is InChI=1S/C15H13N7.C8H16/c1-16-14-6-4-12(19-20-14)10-3-5-13(22-8-2-7-18-22)15-11(10)9-17-21-15;1-2-4-6-8-7-5-3-1/h2-9H,1H3,(H,16,20)(H,17,21);1-8H2. The average molecular weight is 404 g/mol. The summed E-state index contributed by atoms with van der Waals surface area (Å²) < 4.78 is 1.81. The van der Waals surface area contributed by atoms with Crippen molar-refractivity contribution in [3.8, 4) is 16.9 Å². The molecule has 0 spiro atoms. The fourth-order valence-corrected chi connectivity index (χ4v) is 3.87. The third-order valence-corrected chi connectivity index (χ3v) is 5.54. The molecule has 1 aliphatic carbocycles. The number of anilines is 1. The fraction of sp³-hybridized carbons (Fsp3) is 0.391. The van der Waals surface area contributed by atoms with Gasteiger partial charge in [0.1, 0.15) is 5.82 Å². The molecule has 0 amide bonds. The summed E-state index contributed by atoms with van der Waals surface area (Å²) in [4.78, 5) is 0. The second-order valence-electron chi connectivity index (χ2n) is 7.62. The number of nitrogens with one attached hydrogen (secondary N) is 2. The van der Waals surface area contributed by atoms with Crippen molar-refractivity contribution in [3.63, 3.8) is 0 Å². The largest absolute Gasteiger partial charge is 0.372 e. The monoisotopic (exact) mass is 403 g/mol. The lowest BCUT2D eigenvalue weighted by atomic mass is 10.0. The van der Waals surface area contributed by atoms with Crippen molar-refractivity contribution >= 4 is 16.7 Å². The maximum Gasteiger partial charge on any atom is 0.148 e. The minimum atomic E-state index is 0.736. The summed E-state index contributed by atoms with van der Waals surface area (Å²) >= 11 is 0. The lowest BCUT2D eigenvalue weighted by Gasteiger charge is -2.07. The number of H-pyrrole nitrogens is 1. The first-order chi connectivity index (χ1) is 14.9. The fourth-order valence-electron chi connectivity index (χ4n) is 3.87. The Morgan fingerprint density at radius 3 is 2.20 bits per heavy atom. The number of hydrogen-bond donors (Lipinski definition) is 2. The molecule has 7 heteroatoms. The molecule has 3 aromatic heterocycles. The van der Waals surface area contributed by atoms with E-state index in [9.17, 15) is 0 Å². The summed E-state index contributed by atoms with van der Waals surface area (Å²) in [5.41, 5.74) is 3.65. The van der Waals surface area contributed by atoms with Gasteiger partial charge in [0.2, 0.25) is 0 Å². The van der Waals surface area contributed by atoms with Crippen LogP contribution in [-0.4, -0.2) is 37.2 Å². The minimum Gasteiger partial charge on any atom is -0.372 e. The molecular formula is C23H29N7. The summed E-state index contributed by atoms with van der Waals surface area (Å²) in [7, 11) is 1.82. The van der Waals surface area contributed by atoms with Crippen molar-refractivity contribution in [1.29, 1.82) is 0 Å². The molecule has 7 nitrogen and oxygen atoms in total. The second kappa shape index (κ2) is 10.0. The molecule has 2 N–H and O–H groups in total. The highest BCUT2D eigenvalue weighted by atomic mass is 15.3. The average Bonchev–Trinajstić information content (AvgIpc) is 3.46. The normalized spacial score (nSPS) is 14.4. The molecule has 0 saturated heterocycles. The Kier molecular flexibility index (Phi) is 6.69. The van der Waals surface area contributed by atoms with Gasteiger partial charge in [-0.05, 0) is 30.3 Å². The number of aromatic amines is 1. The molecule has 30 heavy (non-hydrogen) atoms. The number of fused-ring (bicyclic) bond motifs is 1. The van der Waals surface area contributed by atoms with Crippen LogP contribution in [0.3, 0.4) is 0 Å². The van der Waals surface area contributed by atoms with Crippen LogP contribution >= 0.6 is 0 Å². The summed E-state index contributed by atoms with van der Waals surface area (Å²) in [5.74, 6) is 0.736. The van der Waals surface area contributed by atoms with E-state index in [0.29, 0.717) is 0 Å². The van der Waals surface area contributed by atoms with Gasteiger partial charge in [0.15, 0.2) is 0 Å². The summed E-state index contributed by atoms with van der Waals surface area (Å²) in [6.07, 6.45) is 17.4. The molecule has 0 aliphatic heterocycles. The topological polar surface area (TPSA) is 84.3 Å². The first-order valence-corrected chi connectivity index (χ1v) is 10.8. The Hall–Kier alpha value is -3.22. The lowest BCUT2D eigenvalue weighted by molar-refractivity contribution is 0.504. The van der Waals surface area contributed by atoms with E-state index >= 15 is 0 Å². The van der Waals surface area contributed by atoms with Crippen LogP contribution in [0.4, 0.5) is 5.82 Å². The van der Waals surface area contributed by atoms with Gasteiger partial charge in [0.25, 0.3) is 0 Å². The van der Waals surface area contributed by atoms with Crippen molar-refractivity contribution in [2.75, 3.05) is 12.4 Å². The first-order valence-electron chi connectivity index (χ1n) is 10.8. The highest BCUT2D eigenvalue weighted by Crippen LogP contribution is 2.30. The van der Waals surface area contributed by atoms with E-state index in [1.165, 1.54) is 51.4 Å². The Labute approximate surface area is 176 Å². The molecule has 1 fully saturated rings. The van der Waals surface area contributed by atoms with Gasteiger partial charge in [-0.3, -0.25) is 5.10 Å². The van der Waals surface area contributed by atoms with Gasteiger partial charge in [0.05, 0.1) is 23.1 Å². The van der Waals surface area contributed by atoms with Crippen LogP contribution < -0.4 is 5.32 Å². The van der Waals surface area contributed by atoms with E-state index in [-0.39, 0.29) is 0 Å². The Morgan fingerprint density at radius 1 is 0.900 bits per heavy atom. The van der Waals surface area contributed by atoms with Gasteiger partial charge >= 0.3 is 0 Å². The van der Waals surface area contributed by atoms with Gasteiger partial charge in [-0.15, -0.1) is 10.2 Å². The van der Waals surface area contributed by atoms with Crippen molar-refractivity contribution < 1.29 is 0 Å². The zero-order valence-corrected chi connectivity index (χ0v) is 17.5. The van der Waals surface area contributed by atoms with Crippen LogP contribution in [-0.2, 0) is 0 Å². The molecule has 0 atom stereocenters. The van der Waals surface area contributed by atoms with Crippen molar-refractivity contribution in [1.82, 2.24) is 30.2 Å². The van der Waals surface area contributed by atoms with E-state index in [1.54, 1.807) is 17.1 Å². The molecule has 1 aliphatic rings. The van der Waals surface area contributed by atoms with Gasteiger partial charge in [-0.25, -0.2) is 4.68 Å². The van der Waals surface area contributed by atoms with Crippen molar-refractivity contribution in [2.24, 2.45) is 0 Å². The van der Waals surface area contributed by atoms with Gasteiger partial charge in [-0.1, -0.05) is 51.4 Å². The second-order valence-corrected chi connectivity index (χ2v) is 7.62. The van der Waals surface area contributed by atoms with Crippen molar-refractivity contribution in [3.05, 3.63) is 48.9 Å². The van der Waals surface area contributed by atoms with Crippen LogP contribution in [0.5, 0.6) is 0 Å². The molecule has 4 aromatic rings. The highest BCUT2D eigenvalue weighted by Gasteiger charge is 2.12. The molecular weight excluding hydrogens is 374 g/mol. The number of rotatable bonds is 3. The van der Waals surface area contributed by atoms with E-state index in [0.717, 1.165) is 33.7 Å². The third kappa shape index (κ3) is 4.67. The summed E-state index contributed by atoms with van der Waals surface area (Å²) in [6, 6.07) is 9.73. The highest BCUT2D eigenvalue weighted by molar-refractivity contribution is 5.97. The van der Waals surface area contributed by atoms with E-state index < -0.39 is 0 Å². The molecule has 5 rings (SSSR count). The van der Waals surface area contributed by atoms with E-state index in [4.69, 9.17) is 0 Å². The minimum absolute atomic E-state index is 0.736. The van der Waals surface area contributed by atoms with Gasteiger partial charge in [-0.2, -0.15) is 10.2 Å². The van der Waals surface area contributed by atoms with Crippen LogP contribution in [0.1, 0.15) is 51.4 Å². The number of aromatic nitrogens is 6. The summed E-state index contributed by atoms with van der Waals surface area (Å²) in [5, 5.41) is 23.8. The van der Waals surface area contributed by atoms with Crippen LogP contribution in [0, 0.1) is 0 Å². The third-order valence-electron chi connectivity index (χ3n) is 5.54. The number of nitrogens with zero attached hydrogens (tertiary/aromatic N) is 5. The molecule has 1 aromatic carbocycles. The molecule has 156 valence electrons. The summed E-state index contributed by atoms with van der Waals surface area (Å²) in [6.45, 7) is 0. The first kappa shape index (κ1) is 20.1. The Bertz CT molecular complexity index is 1010. The molecule has 0 bridgehead atoms. The molecule has 1 saturated carbocycles. The molecule has 3 heterocycles. The maximum absolute atomic E-state index is 4.27. The van der Waals surface area contributed by atoms with E-state index in [2.05, 4.69) is 30.8 Å². The Balaban J connectivity index is 0.000000230.